The first-order chi connectivity index (χ1) is 7.18. The minimum Gasteiger partial charge on any atom is -0.392 e. The van der Waals surface area contributed by atoms with Crippen LogP contribution in [0.25, 0.3) is 0 Å². The molecule has 0 aromatic heterocycles. The quantitative estimate of drug-likeness (QED) is 0.747. The molecule has 0 amide bonds. The first kappa shape index (κ1) is 10.4. The van der Waals surface area contributed by atoms with Crippen LogP contribution in [0.2, 0.25) is 0 Å². The molecule has 2 atom stereocenters. The molecule has 0 saturated heterocycles. The standard InChI is InChI=1S/C14H18O/c1-10(2)9-14(15)13-8-7-11-5-3-4-6-12(11)13/h3-6,13-15H,1,7-9H2,2H3. The van der Waals surface area contributed by atoms with Crippen molar-refractivity contribution in [2.45, 2.75) is 38.2 Å². The van der Waals surface area contributed by atoms with Gasteiger partial charge in [0.15, 0.2) is 0 Å². The van der Waals surface area contributed by atoms with Crippen molar-refractivity contribution in [3.8, 4) is 0 Å². The monoisotopic (exact) mass is 202 g/mol. The van der Waals surface area contributed by atoms with E-state index >= 15 is 0 Å². The van der Waals surface area contributed by atoms with Crippen molar-refractivity contribution in [2.24, 2.45) is 0 Å². The van der Waals surface area contributed by atoms with Crippen LogP contribution in [0, 0.1) is 0 Å². The van der Waals surface area contributed by atoms with E-state index in [1.807, 2.05) is 6.92 Å². The minimum atomic E-state index is -0.258. The van der Waals surface area contributed by atoms with Crippen molar-refractivity contribution >= 4 is 0 Å². The van der Waals surface area contributed by atoms with E-state index in [0.717, 1.165) is 24.8 Å². The van der Waals surface area contributed by atoms with E-state index in [1.54, 1.807) is 0 Å². The molecule has 0 spiro atoms. The van der Waals surface area contributed by atoms with Crippen LogP contribution in [0.3, 0.4) is 0 Å². The largest absolute Gasteiger partial charge is 0.392 e. The summed E-state index contributed by atoms with van der Waals surface area (Å²) in [6.45, 7) is 5.84. The van der Waals surface area contributed by atoms with Gasteiger partial charge in [-0.25, -0.2) is 0 Å². The lowest BCUT2D eigenvalue weighted by Gasteiger charge is -2.19. The van der Waals surface area contributed by atoms with Gasteiger partial charge in [0.25, 0.3) is 0 Å². The molecule has 0 aliphatic heterocycles. The van der Waals surface area contributed by atoms with Gasteiger partial charge in [0.2, 0.25) is 0 Å². The van der Waals surface area contributed by atoms with E-state index < -0.39 is 0 Å². The number of rotatable bonds is 3. The molecule has 1 N–H and O–H groups in total. The predicted octanol–water partition coefficient (Wildman–Crippen LogP) is 3.04. The smallest absolute Gasteiger partial charge is 0.0645 e. The van der Waals surface area contributed by atoms with Gasteiger partial charge in [-0.3, -0.25) is 0 Å². The highest BCUT2D eigenvalue weighted by Gasteiger charge is 2.27. The van der Waals surface area contributed by atoms with Crippen molar-refractivity contribution in [3.05, 3.63) is 47.5 Å². The lowest BCUT2D eigenvalue weighted by Crippen LogP contribution is -2.16. The highest BCUT2D eigenvalue weighted by atomic mass is 16.3. The average molecular weight is 202 g/mol. The number of hydrogen-bond donors (Lipinski definition) is 1. The highest BCUT2D eigenvalue weighted by Crippen LogP contribution is 2.36. The van der Waals surface area contributed by atoms with E-state index in [2.05, 4.69) is 30.8 Å². The topological polar surface area (TPSA) is 20.2 Å². The zero-order valence-electron chi connectivity index (χ0n) is 9.24. The lowest BCUT2D eigenvalue weighted by atomic mass is 9.92. The van der Waals surface area contributed by atoms with Gasteiger partial charge in [0.05, 0.1) is 6.10 Å². The summed E-state index contributed by atoms with van der Waals surface area (Å²) in [6, 6.07) is 8.45. The Labute approximate surface area is 91.4 Å². The van der Waals surface area contributed by atoms with Gasteiger partial charge < -0.3 is 5.11 Å². The van der Waals surface area contributed by atoms with E-state index in [9.17, 15) is 5.11 Å². The number of aryl methyl sites for hydroxylation is 1. The lowest BCUT2D eigenvalue weighted by molar-refractivity contribution is 0.143. The zero-order valence-corrected chi connectivity index (χ0v) is 9.24. The number of aliphatic hydroxyl groups is 1. The Morgan fingerprint density at radius 1 is 1.53 bits per heavy atom. The minimum absolute atomic E-state index is 0.258. The van der Waals surface area contributed by atoms with Gasteiger partial charge in [-0.05, 0) is 37.3 Å². The zero-order chi connectivity index (χ0) is 10.8. The Kier molecular flexibility index (Phi) is 2.92. The first-order valence-electron chi connectivity index (χ1n) is 5.58. The molecule has 15 heavy (non-hydrogen) atoms. The molecule has 1 nitrogen and oxygen atoms in total. The summed E-state index contributed by atoms with van der Waals surface area (Å²) in [7, 11) is 0. The SMILES string of the molecule is C=C(C)CC(O)C1CCc2ccccc21. The van der Waals surface area contributed by atoms with Crippen LogP contribution in [0.5, 0.6) is 0 Å². The second-order valence-electron chi connectivity index (χ2n) is 4.57. The molecular formula is C14H18O. The number of aliphatic hydroxyl groups excluding tert-OH is 1. The fourth-order valence-electron chi connectivity index (χ4n) is 2.49. The Morgan fingerprint density at radius 2 is 2.27 bits per heavy atom. The average Bonchev–Trinajstić information content (AvgIpc) is 2.59. The molecule has 0 saturated carbocycles. The van der Waals surface area contributed by atoms with Gasteiger partial charge in [-0.15, -0.1) is 6.58 Å². The van der Waals surface area contributed by atoms with Gasteiger partial charge >= 0.3 is 0 Å². The first-order valence-corrected chi connectivity index (χ1v) is 5.58. The van der Waals surface area contributed by atoms with Crippen molar-refractivity contribution in [1.29, 1.82) is 0 Å². The van der Waals surface area contributed by atoms with E-state index in [1.165, 1.54) is 11.1 Å². The summed E-state index contributed by atoms with van der Waals surface area (Å²) in [4.78, 5) is 0. The molecule has 0 fully saturated rings. The normalized spacial score (nSPS) is 21.1. The molecule has 80 valence electrons. The molecule has 0 radical (unpaired) electrons. The van der Waals surface area contributed by atoms with E-state index in [0.29, 0.717) is 5.92 Å². The second kappa shape index (κ2) is 4.19. The summed E-state index contributed by atoms with van der Waals surface area (Å²) >= 11 is 0. The summed E-state index contributed by atoms with van der Waals surface area (Å²) in [5, 5.41) is 10.1. The third-order valence-electron chi connectivity index (χ3n) is 3.20. The molecule has 0 heterocycles. The summed E-state index contributed by atoms with van der Waals surface area (Å²) < 4.78 is 0. The van der Waals surface area contributed by atoms with E-state index in [-0.39, 0.29) is 6.10 Å². The number of fused-ring (bicyclic) bond motifs is 1. The third-order valence-corrected chi connectivity index (χ3v) is 3.20. The van der Waals surface area contributed by atoms with Gasteiger partial charge in [-0.1, -0.05) is 29.8 Å². The van der Waals surface area contributed by atoms with Crippen LogP contribution < -0.4 is 0 Å². The number of benzene rings is 1. The van der Waals surface area contributed by atoms with Crippen LogP contribution in [0.1, 0.15) is 36.8 Å². The summed E-state index contributed by atoms with van der Waals surface area (Å²) in [5.41, 5.74) is 3.81. The summed E-state index contributed by atoms with van der Waals surface area (Å²) in [5.74, 6) is 0.317. The predicted molar refractivity (Wildman–Crippen MR) is 62.9 cm³/mol. The maximum Gasteiger partial charge on any atom is 0.0645 e. The molecule has 2 rings (SSSR count). The van der Waals surface area contributed by atoms with Crippen molar-refractivity contribution in [3.63, 3.8) is 0 Å². The van der Waals surface area contributed by atoms with E-state index in [4.69, 9.17) is 0 Å². The molecule has 1 aliphatic carbocycles. The molecule has 1 aromatic carbocycles. The fraction of sp³-hybridized carbons (Fsp3) is 0.429. The Hall–Kier alpha value is -1.08. The Balaban J connectivity index is 2.16. The van der Waals surface area contributed by atoms with Gasteiger partial charge in [-0.2, -0.15) is 0 Å². The van der Waals surface area contributed by atoms with Crippen LogP contribution in [-0.4, -0.2) is 11.2 Å². The Morgan fingerprint density at radius 3 is 3.00 bits per heavy atom. The van der Waals surface area contributed by atoms with Gasteiger partial charge in [0.1, 0.15) is 0 Å². The van der Waals surface area contributed by atoms with Crippen LogP contribution >= 0.6 is 0 Å². The maximum atomic E-state index is 10.1. The second-order valence-corrected chi connectivity index (χ2v) is 4.57. The maximum absolute atomic E-state index is 10.1. The van der Waals surface area contributed by atoms with Crippen molar-refractivity contribution < 1.29 is 5.11 Å². The molecule has 0 bridgehead atoms. The van der Waals surface area contributed by atoms with Crippen molar-refractivity contribution in [1.82, 2.24) is 0 Å². The Bertz CT molecular complexity index is 367. The summed E-state index contributed by atoms with van der Waals surface area (Å²) in [6.07, 6.45) is 2.65. The highest BCUT2D eigenvalue weighted by molar-refractivity contribution is 5.35. The number of hydrogen-bond acceptors (Lipinski definition) is 1. The fourth-order valence-corrected chi connectivity index (χ4v) is 2.49. The van der Waals surface area contributed by atoms with Crippen LogP contribution in [0.4, 0.5) is 0 Å². The third kappa shape index (κ3) is 2.13. The van der Waals surface area contributed by atoms with Crippen LogP contribution in [-0.2, 0) is 6.42 Å². The molecular weight excluding hydrogens is 184 g/mol. The van der Waals surface area contributed by atoms with Crippen LogP contribution in [0.15, 0.2) is 36.4 Å². The molecule has 2 unspecified atom stereocenters. The molecule has 1 heteroatoms. The van der Waals surface area contributed by atoms with Crippen molar-refractivity contribution in [2.75, 3.05) is 0 Å². The molecule has 1 aromatic rings. The molecule has 1 aliphatic rings. The van der Waals surface area contributed by atoms with Gasteiger partial charge in [0, 0.05) is 5.92 Å².